The Bertz CT molecular complexity index is 1510. The molecule has 0 saturated carbocycles. The van der Waals surface area contributed by atoms with Gasteiger partial charge >= 0.3 is 0 Å². The van der Waals surface area contributed by atoms with Crippen molar-refractivity contribution in [1.29, 1.82) is 0 Å². The van der Waals surface area contributed by atoms with Gasteiger partial charge < -0.3 is 14.2 Å². The predicted octanol–water partition coefficient (Wildman–Crippen LogP) is 10.5. The molecule has 6 rings (SSSR count). The summed E-state index contributed by atoms with van der Waals surface area (Å²) in [6.45, 7) is 5.25. The lowest BCUT2D eigenvalue weighted by molar-refractivity contribution is 0.233. The van der Waals surface area contributed by atoms with Gasteiger partial charge in [0.15, 0.2) is 5.76 Å². The fourth-order valence-corrected chi connectivity index (χ4v) is 6.20. The second-order valence-electron chi connectivity index (χ2n) is 10.2. The largest absolute Gasteiger partial charge is 0.493 e. The molecule has 202 valence electrons. The van der Waals surface area contributed by atoms with Crippen LogP contribution >= 0.6 is 11.8 Å². The van der Waals surface area contributed by atoms with E-state index in [0.717, 1.165) is 47.0 Å². The quantitative estimate of drug-likeness (QED) is 0.171. The van der Waals surface area contributed by atoms with Gasteiger partial charge in [-0.3, -0.25) is 0 Å². The maximum Gasteiger partial charge on any atom is 0.167 e. The zero-order chi connectivity index (χ0) is 27.3. The van der Waals surface area contributed by atoms with Gasteiger partial charge in [0.1, 0.15) is 11.4 Å². The Morgan fingerprint density at radius 3 is 2.10 bits per heavy atom. The highest BCUT2D eigenvalue weighted by Gasteiger charge is 2.24. The SMILES string of the molecule is CCCCC(CC)COc1ccc(-c2cc(-c3ccc(N4c5ccccc5Sc5ccccc54)cc3)no2)cc1. The lowest BCUT2D eigenvalue weighted by Gasteiger charge is -2.32. The third-order valence-electron chi connectivity index (χ3n) is 7.53. The van der Waals surface area contributed by atoms with E-state index in [1.165, 1.54) is 40.4 Å². The number of anilines is 3. The molecule has 1 aromatic heterocycles. The number of nitrogens with zero attached hydrogens (tertiary/aromatic N) is 2. The molecule has 40 heavy (non-hydrogen) atoms. The molecule has 1 unspecified atom stereocenters. The summed E-state index contributed by atoms with van der Waals surface area (Å²) in [6, 6.07) is 35.8. The third-order valence-corrected chi connectivity index (χ3v) is 8.66. The average molecular weight is 547 g/mol. The van der Waals surface area contributed by atoms with Crippen molar-refractivity contribution in [2.75, 3.05) is 11.5 Å². The van der Waals surface area contributed by atoms with E-state index >= 15 is 0 Å². The van der Waals surface area contributed by atoms with Gasteiger partial charge in [-0.2, -0.15) is 0 Å². The molecule has 0 saturated heterocycles. The first-order valence-corrected chi connectivity index (χ1v) is 15.0. The van der Waals surface area contributed by atoms with Crippen molar-refractivity contribution < 1.29 is 9.26 Å². The number of fused-ring (bicyclic) bond motifs is 2. The Kier molecular flexibility index (Phi) is 7.92. The van der Waals surface area contributed by atoms with Crippen LogP contribution < -0.4 is 9.64 Å². The van der Waals surface area contributed by atoms with Crippen LogP contribution in [0.15, 0.2) is 117 Å². The van der Waals surface area contributed by atoms with Crippen LogP contribution in [-0.4, -0.2) is 11.8 Å². The lowest BCUT2D eigenvalue weighted by atomic mass is 10.0. The van der Waals surface area contributed by atoms with Crippen molar-refractivity contribution in [3.8, 4) is 28.3 Å². The number of para-hydroxylation sites is 2. The van der Waals surface area contributed by atoms with Crippen molar-refractivity contribution in [2.45, 2.75) is 49.3 Å². The average Bonchev–Trinajstić information content (AvgIpc) is 3.51. The maximum absolute atomic E-state index is 6.08. The lowest BCUT2D eigenvalue weighted by Crippen LogP contribution is -2.14. The molecular formula is C35H34N2O2S. The minimum atomic E-state index is 0.612. The van der Waals surface area contributed by atoms with E-state index in [4.69, 9.17) is 9.26 Å². The minimum absolute atomic E-state index is 0.612. The van der Waals surface area contributed by atoms with Gasteiger partial charge in [-0.05, 0) is 73.0 Å². The Hall–Kier alpha value is -3.96. The standard InChI is InChI=1S/C35H34N2O2S/c1-3-5-10-25(4-2)24-38-29-21-17-27(18-22-29)33-23-30(36-39-33)26-15-19-28(20-16-26)37-31-11-6-8-13-34(31)40-35-14-9-7-12-32(35)37/h6-9,11-23,25H,3-5,10,24H2,1-2H3. The zero-order valence-corrected chi connectivity index (χ0v) is 23.9. The summed E-state index contributed by atoms with van der Waals surface area (Å²) in [4.78, 5) is 4.84. The molecule has 0 radical (unpaired) electrons. The predicted molar refractivity (Wildman–Crippen MR) is 165 cm³/mol. The summed E-state index contributed by atoms with van der Waals surface area (Å²) in [6.07, 6.45) is 4.87. The molecule has 0 spiro atoms. The Labute approximate surface area is 241 Å². The van der Waals surface area contributed by atoms with Crippen LogP contribution in [0.5, 0.6) is 5.75 Å². The van der Waals surface area contributed by atoms with E-state index in [1.807, 2.05) is 42.1 Å². The summed E-state index contributed by atoms with van der Waals surface area (Å²) >= 11 is 1.82. The summed E-state index contributed by atoms with van der Waals surface area (Å²) in [5.74, 6) is 2.25. The number of ether oxygens (including phenoxy) is 1. The number of hydrogen-bond donors (Lipinski definition) is 0. The van der Waals surface area contributed by atoms with Crippen LogP contribution in [0.1, 0.15) is 39.5 Å². The van der Waals surface area contributed by atoms with Crippen LogP contribution in [-0.2, 0) is 0 Å². The highest BCUT2D eigenvalue weighted by atomic mass is 32.2. The van der Waals surface area contributed by atoms with Gasteiger partial charge in [0.25, 0.3) is 0 Å². The Balaban J connectivity index is 1.17. The van der Waals surface area contributed by atoms with Crippen molar-refractivity contribution in [3.05, 3.63) is 103 Å². The zero-order valence-electron chi connectivity index (χ0n) is 23.0. The number of aromatic nitrogens is 1. The molecule has 1 aliphatic heterocycles. The summed E-state index contributed by atoms with van der Waals surface area (Å²) in [7, 11) is 0. The van der Waals surface area contributed by atoms with E-state index in [2.05, 4.69) is 96.7 Å². The molecule has 5 aromatic rings. The van der Waals surface area contributed by atoms with Crippen LogP contribution in [0.3, 0.4) is 0 Å². The smallest absolute Gasteiger partial charge is 0.167 e. The van der Waals surface area contributed by atoms with Crippen LogP contribution in [0, 0.1) is 5.92 Å². The van der Waals surface area contributed by atoms with Crippen LogP contribution in [0.2, 0.25) is 0 Å². The van der Waals surface area contributed by atoms with Gasteiger partial charge in [-0.25, -0.2) is 0 Å². The first-order chi connectivity index (χ1) is 19.7. The summed E-state index contributed by atoms with van der Waals surface area (Å²) < 4.78 is 11.8. The number of unbranched alkanes of at least 4 members (excludes halogenated alkanes) is 1. The maximum atomic E-state index is 6.08. The Morgan fingerprint density at radius 1 is 0.800 bits per heavy atom. The molecule has 0 N–H and O–H groups in total. The van der Waals surface area contributed by atoms with Crippen molar-refractivity contribution in [2.24, 2.45) is 5.92 Å². The first-order valence-electron chi connectivity index (χ1n) is 14.2. The van der Waals surface area contributed by atoms with Gasteiger partial charge in [0.05, 0.1) is 18.0 Å². The highest BCUT2D eigenvalue weighted by Crippen LogP contribution is 2.51. The summed E-state index contributed by atoms with van der Waals surface area (Å²) in [5, 5.41) is 4.38. The molecule has 1 atom stereocenters. The van der Waals surface area contributed by atoms with Crippen molar-refractivity contribution in [1.82, 2.24) is 5.16 Å². The van der Waals surface area contributed by atoms with Gasteiger partial charge in [0, 0.05) is 32.7 Å². The molecule has 1 aliphatic rings. The van der Waals surface area contributed by atoms with Gasteiger partial charge in [-0.15, -0.1) is 0 Å². The van der Waals surface area contributed by atoms with E-state index < -0.39 is 0 Å². The molecule has 4 nitrogen and oxygen atoms in total. The second kappa shape index (κ2) is 12.1. The van der Waals surface area contributed by atoms with Crippen molar-refractivity contribution >= 4 is 28.8 Å². The second-order valence-corrected chi connectivity index (χ2v) is 11.3. The topological polar surface area (TPSA) is 38.5 Å². The van der Waals surface area contributed by atoms with Crippen molar-refractivity contribution in [3.63, 3.8) is 0 Å². The molecule has 4 aromatic carbocycles. The molecule has 0 amide bonds. The molecular weight excluding hydrogens is 512 g/mol. The third kappa shape index (κ3) is 5.52. The Morgan fingerprint density at radius 2 is 1.45 bits per heavy atom. The number of benzene rings is 4. The van der Waals surface area contributed by atoms with Gasteiger partial charge in [0.2, 0.25) is 0 Å². The van der Waals surface area contributed by atoms with Crippen LogP contribution in [0.4, 0.5) is 17.1 Å². The van der Waals surface area contributed by atoms with E-state index in [1.54, 1.807) is 0 Å². The normalized spacial score (nSPS) is 13.0. The molecule has 0 bridgehead atoms. The molecule has 5 heteroatoms. The van der Waals surface area contributed by atoms with Gasteiger partial charge in [-0.1, -0.05) is 86.4 Å². The highest BCUT2D eigenvalue weighted by molar-refractivity contribution is 7.99. The molecule has 0 aliphatic carbocycles. The van der Waals surface area contributed by atoms with E-state index in [0.29, 0.717) is 5.92 Å². The fourth-order valence-electron chi connectivity index (χ4n) is 5.14. The van der Waals surface area contributed by atoms with E-state index in [9.17, 15) is 0 Å². The fraction of sp³-hybridized carbons (Fsp3) is 0.229. The monoisotopic (exact) mass is 546 g/mol. The minimum Gasteiger partial charge on any atom is -0.493 e. The number of hydrogen-bond acceptors (Lipinski definition) is 5. The summed E-state index contributed by atoms with van der Waals surface area (Å²) in [5.41, 5.74) is 6.33. The van der Waals surface area contributed by atoms with Crippen LogP contribution in [0.25, 0.3) is 22.6 Å². The molecule has 0 fully saturated rings. The van der Waals surface area contributed by atoms with E-state index in [-0.39, 0.29) is 0 Å². The number of rotatable bonds is 10. The first kappa shape index (κ1) is 26.3. The molecule has 2 heterocycles.